The molecule has 24 heavy (non-hydrogen) atoms. The number of amides is 1. The van der Waals surface area contributed by atoms with Gasteiger partial charge in [-0.1, -0.05) is 11.6 Å². The van der Waals surface area contributed by atoms with Crippen LogP contribution in [0.5, 0.6) is 0 Å². The number of nitrogens with zero attached hydrogens (tertiary/aromatic N) is 3. The molecule has 7 nitrogen and oxygen atoms in total. The van der Waals surface area contributed by atoms with Crippen LogP contribution in [-0.2, 0) is 4.74 Å². The molecule has 122 valence electrons. The van der Waals surface area contributed by atoms with Crippen molar-refractivity contribution in [2.75, 3.05) is 10.6 Å². The summed E-state index contributed by atoms with van der Waals surface area (Å²) in [4.78, 5) is 11.7. The number of carbonyl (C=O) groups excluding carboxylic acids is 1. The molecule has 1 rings (SSSR count). The van der Waals surface area contributed by atoms with Gasteiger partial charge in [-0.15, -0.1) is 0 Å². The highest BCUT2D eigenvalue weighted by molar-refractivity contribution is 6.34. The molecule has 0 unspecified atom stereocenters. The summed E-state index contributed by atoms with van der Waals surface area (Å²) in [5.74, 6) is 0. The Balaban J connectivity index is 2.96. The molecule has 2 N–H and O–H groups in total. The molecule has 0 bridgehead atoms. The summed E-state index contributed by atoms with van der Waals surface area (Å²) >= 11 is 6.08. The number of carbonyl (C=O) groups is 1. The molecule has 0 heterocycles. The van der Waals surface area contributed by atoms with Crippen LogP contribution in [0.15, 0.2) is 29.5 Å². The molecule has 0 radical (unpaired) electrons. The van der Waals surface area contributed by atoms with Gasteiger partial charge in [0.05, 0.1) is 10.7 Å². The number of ether oxygens (including phenoxy) is 1. The van der Waals surface area contributed by atoms with Gasteiger partial charge in [0.25, 0.3) is 0 Å². The van der Waals surface area contributed by atoms with Crippen LogP contribution in [0.4, 0.5) is 16.2 Å². The zero-order chi connectivity index (χ0) is 18.3. The Kier molecular flexibility index (Phi) is 6.18. The van der Waals surface area contributed by atoms with Gasteiger partial charge in [0.15, 0.2) is 5.57 Å². The first kappa shape index (κ1) is 18.8. The molecule has 0 fully saturated rings. The Hall–Kier alpha value is -3.21. The highest BCUT2D eigenvalue weighted by Gasteiger charge is 2.17. The molecule has 0 aliphatic rings. The third-order valence-corrected chi connectivity index (χ3v) is 2.77. The predicted octanol–water partition coefficient (Wildman–Crippen LogP) is 3.92. The minimum atomic E-state index is -0.654. The lowest BCUT2D eigenvalue weighted by Crippen LogP contribution is -2.27. The fourth-order valence-electron chi connectivity index (χ4n) is 1.54. The number of anilines is 2. The molecule has 8 heteroatoms. The molecular formula is C16H14ClN5O2. The van der Waals surface area contributed by atoms with E-state index in [2.05, 4.69) is 10.6 Å². The standard InChI is InChI=1S/C16H14ClN5O2/c1-16(2,3)24-15(23)22-13-5-4-11(6-12(13)17)21-14(9-20)10(7-18)8-19/h4-6,21H,1-3H3,(H,22,23). The van der Waals surface area contributed by atoms with Gasteiger partial charge in [-0.2, -0.15) is 15.8 Å². The first-order valence-electron chi connectivity index (χ1n) is 6.71. The SMILES string of the molecule is CC(C)(C)OC(=O)Nc1ccc(NC(C#N)=C(C#N)C#N)cc1Cl. The molecule has 0 aliphatic carbocycles. The Bertz CT molecular complexity index is 788. The minimum Gasteiger partial charge on any atom is -0.444 e. The molecular weight excluding hydrogens is 330 g/mol. The van der Waals surface area contributed by atoms with Gasteiger partial charge in [0.2, 0.25) is 0 Å². The molecule has 1 aromatic rings. The van der Waals surface area contributed by atoms with Gasteiger partial charge in [0, 0.05) is 5.69 Å². The summed E-state index contributed by atoms with van der Waals surface area (Å²) in [6.07, 6.45) is -0.654. The van der Waals surface area contributed by atoms with Crippen LogP contribution in [0.3, 0.4) is 0 Å². The number of allylic oxidation sites excluding steroid dienone is 2. The summed E-state index contributed by atoms with van der Waals surface area (Å²) < 4.78 is 5.12. The average molecular weight is 344 g/mol. The number of nitriles is 3. The van der Waals surface area contributed by atoms with Crippen molar-refractivity contribution in [2.24, 2.45) is 0 Å². The Morgan fingerprint density at radius 3 is 2.21 bits per heavy atom. The highest BCUT2D eigenvalue weighted by Crippen LogP contribution is 2.27. The summed E-state index contributed by atoms with van der Waals surface area (Å²) in [5.41, 5.74) is -0.474. The summed E-state index contributed by atoms with van der Waals surface area (Å²) in [6, 6.07) is 9.46. The van der Waals surface area contributed by atoms with Crippen LogP contribution in [0.2, 0.25) is 5.02 Å². The second-order valence-electron chi connectivity index (χ2n) is 5.53. The van der Waals surface area contributed by atoms with Gasteiger partial charge in [-0.25, -0.2) is 4.79 Å². The zero-order valence-corrected chi connectivity index (χ0v) is 14.0. The van der Waals surface area contributed by atoms with Gasteiger partial charge in [-0.3, -0.25) is 5.32 Å². The highest BCUT2D eigenvalue weighted by atomic mass is 35.5. The second kappa shape index (κ2) is 7.87. The van der Waals surface area contributed by atoms with Crippen molar-refractivity contribution in [3.8, 4) is 18.2 Å². The van der Waals surface area contributed by atoms with Gasteiger partial charge < -0.3 is 10.1 Å². The number of halogens is 1. The molecule has 0 spiro atoms. The van der Waals surface area contributed by atoms with E-state index in [1.54, 1.807) is 39.0 Å². The maximum atomic E-state index is 11.7. The van der Waals surface area contributed by atoms with Crippen LogP contribution < -0.4 is 10.6 Å². The van der Waals surface area contributed by atoms with Crippen LogP contribution in [0.1, 0.15) is 20.8 Å². The molecule has 0 saturated carbocycles. The van der Waals surface area contributed by atoms with E-state index in [1.165, 1.54) is 18.2 Å². The van der Waals surface area contributed by atoms with Gasteiger partial charge >= 0.3 is 6.09 Å². The lowest BCUT2D eigenvalue weighted by molar-refractivity contribution is 0.0636. The third kappa shape index (κ3) is 5.53. The van der Waals surface area contributed by atoms with Crippen molar-refractivity contribution in [1.29, 1.82) is 15.8 Å². The smallest absolute Gasteiger partial charge is 0.412 e. The van der Waals surface area contributed by atoms with E-state index in [9.17, 15) is 4.79 Å². The van der Waals surface area contributed by atoms with E-state index in [1.807, 2.05) is 0 Å². The monoisotopic (exact) mass is 343 g/mol. The van der Waals surface area contributed by atoms with Crippen LogP contribution in [-0.4, -0.2) is 11.7 Å². The number of nitrogens with one attached hydrogen (secondary N) is 2. The predicted molar refractivity (Wildman–Crippen MR) is 88.8 cm³/mol. The van der Waals surface area contributed by atoms with E-state index in [0.717, 1.165) is 0 Å². The minimum absolute atomic E-state index is 0.191. The normalized spacial score (nSPS) is 9.71. The summed E-state index contributed by atoms with van der Waals surface area (Å²) in [6.45, 7) is 5.21. The molecule has 0 aromatic heterocycles. The topological polar surface area (TPSA) is 122 Å². The first-order valence-corrected chi connectivity index (χ1v) is 7.09. The van der Waals surface area contributed by atoms with Crippen LogP contribution in [0.25, 0.3) is 0 Å². The molecule has 0 saturated heterocycles. The number of rotatable bonds is 3. The van der Waals surface area contributed by atoms with Crippen LogP contribution in [0, 0.1) is 34.0 Å². The fourth-order valence-corrected chi connectivity index (χ4v) is 1.76. The van der Waals surface area contributed by atoms with E-state index < -0.39 is 11.7 Å². The Labute approximate surface area is 144 Å². The van der Waals surface area contributed by atoms with Crippen molar-refractivity contribution in [3.63, 3.8) is 0 Å². The molecule has 0 atom stereocenters. The van der Waals surface area contributed by atoms with E-state index >= 15 is 0 Å². The summed E-state index contributed by atoms with van der Waals surface area (Å²) in [5, 5.41) is 31.9. The quantitative estimate of drug-likeness (QED) is 0.802. The average Bonchev–Trinajstić information content (AvgIpc) is 2.48. The number of benzene rings is 1. The van der Waals surface area contributed by atoms with Crippen LogP contribution >= 0.6 is 11.6 Å². The Morgan fingerprint density at radius 2 is 1.75 bits per heavy atom. The Morgan fingerprint density at radius 1 is 1.12 bits per heavy atom. The van der Waals surface area contributed by atoms with Crippen molar-refractivity contribution in [3.05, 3.63) is 34.5 Å². The van der Waals surface area contributed by atoms with Crippen molar-refractivity contribution < 1.29 is 9.53 Å². The van der Waals surface area contributed by atoms with Gasteiger partial charge in [0.1, 0.15) is 29.5 Å². The van der Waals surface area contributed by atoms with E-state index in [0.29, 0.717) is 11.4 Å². The van der Waals surface area contributed by atoms with E-state index in [4.69, 9.17) is 32.1 Å². The number of hydrogen-bond donors (Lipinski definition) is 2. The lowest BCUT2D eigenvalue weighted by atomic mass is 10.2. The first-order chi connectivity index (χ1) is 11.2. The largest absolute Gasteiger partial charge is 0.444 e. The van der Waals surface area contributed by atoms with E-state index in [-0.39, 0.29) is 16.3 Å². The second-order valence-corrected chi connectivity index (χ2v) is 5.94. The lowest BCUT2D eigenvalue weighted by Gasteiger charge is -2.20. The molecule has 1 aromatic carbocycles. The zero-order valence-electron chi connectivity index (χ0n) is 13.3. The molecule has 0 aliphatic heterocycles. The van der Waals surface area contributed by atoms with Gasteiger partial charge in [-0.05, 0) is 39.0 Å². The number of hydrogen-bond acceptors (Lipinski definition) is 6. The fraction of sp³-hybridized carbons (Fsp3) is 0.250. The maximum absolute atomic E-state index is 11.7. The van der Waals surface area contributed by atoms with Crippen molar-refractivity contribution in [1.82, 2.24) is 0 Å². The van der Waals surface area contributed by atoms with Crippen molar-refractivity contribution >= 4 is 29.1 Å². The van der Waals surface area contributed by atoms with Crippen molar-refractivity contribution in [2.45, 2.75) is 26.4 Å². The summed E-state index contributed by atoms with van der Waals surface area (Å²) in [7, 11) is 0. The third-order valence-electron chi connectivity index (χ3n) is 2.46. The molecule has 1 amide bonds. The maximum Gasteiger partial charge on any atom is 0.412 e.